The fourth-order valence-corrected chi connectivity index (χ4v) is 2.54. The van der Waals surface area contributed by atoms with E-state index in [-0.39, 0.29) is 11.4 Å². The minimum Gasteiger partial charge on any atom is -0.452 e. The molecular formula is C17H16N2O5S. The first-order valence-electron chi connectivity index (χ1n) is 7.38. The summed E-state index contributed by atoms with van der Waals surface area (Å²) in [5.74, 6) is -0.959. The number of hydrogen-bond donors (Lipinski definition) is 1. The van der Waals surface area contributed by atoms with E-state index in [1.165, 1.54) is 30.8 Å². The maximum Gasteiger partial charge on any atom is 0.317 e. The monoisotopic (exact) mass is 360 g/mol. The number of hydrogen-bond acceptors (Lipinski definition) is 6. The first kappa shape index (κ1) is 18.5. The lowest BCUT2D eigenvalue weighted by Gasteiger charge is -2.13. The molecule has 0 radical (unpaired) electrons. The van der Waals surface area contributed by atoms with E-state index in [0.717, 1.165) is 0 Å². The molecule has 0 aromatic heterocycles. The second-order valence-corrected chi connectivity index (χ2v) is 6.08. The molecule has 0 fully saturated rings. The van der Waals surface area contributed by atoms with Crippen LogP contribution < -0.4 is 5.32 Å². The van der Waals surface area contributed by atoms with E-state index in [1.54, 1.807) is 36.4 Å². The number of non-ortho nitro benzene ring substituents is 1. The van der Waals surface area contributed by atoms with Crippen LogP contribution in [-0.2, 0) is 14.3 Å². The van der Waals surface area contributed by atoms with Gasteiger partial charge in [0.15, 0.2) is 6.10 Å². The molecule has 1 atom stereocenters. The van der Waals surface area contributed by atoms with Crippen molar-refractivity contribution in [2.24, 2.45) is 0 Å². The summed E-state index contributed by atoms with van der Waals surface area (Å²) in [6.45, 7) is 1.49. The first-order valence-corrected chi connectivity index (χ1v) is 8.37. The van der Waals surface area contributed by atoms with Gasteiger partial charge >= 0.3 is 5.97 Å². The van der Waals surface area contributed by atoms with Gasteiger partial charge in [0.2, 0.25) is 0 Å². The maximum atomic E-state index is 12.0. The molecule has 2 rings (SSSR count). The van der Waals surface area contributed by atoms with E-state index in [9.17, 15) is 19.7 Å². The molecule has 1 N–H and O–H groups in total. The summed E-state index contributed by atoms with van der Waals surface area (Å²) >= 11 is 1.18. The van der Waals surface area contributed by atoms with Gasteiger partial charge in [-0.25, -0.2) is 0 Å². The smallest absolute Gasteiger partial charge is 0.317 e. The molecule has 0 unspecified atom stereocenters. The number of esters is 1. The van der Waals surface area contributed by atoms with Crippen molar-refractivity contribution in [2.75, 3.05) is 11.1 Å². The topological polar surface area (TPSA) is 98.5 Å². The van der Waals surface area contributed by atoms with Crippen molar-refractivity contribution in [3.63, 3.8) is 0 Å². The van der Waals surface area contributed by atoms with Crippen LogP contribution in [0, 0.1) is 10.1 Å². The third-order valence-electron chi connectivity index (χ3n) is 3.12. The molecule has 0 saturated carbocycles. The van der Waals surface area contributed by atoms with Gasteiger partial charge in [-0.05, 0) is 31.2 Å². The molecule has 7 nitrogen and oxygen atoms in total. The minimum absolute atomic E-state index is 0.000762. The molecule has 0 bridgehead atoms. The minimum atomic E-state index is -0.926. The number of nitro groups is 1. The van der Waals surface area contributed by atoms with Crippen LogP contribution in [0.15, 0.2) is 59.5 Å². The van der Waals surface area contributed by atoms with Crippen LogP contribution in [0.5, 0.6) is 0 Å². The Labute approximate surface area is 148 Å². The lowest BCUT2D eigenvalue weighted by Crippen LogP contribution is -2.30. The number of anilines is 1. The Morgan fingerprint density at radius 3 is 2.40 bits per heavy atom. The van der Waals surface area contributed by atoms with Gasteiger partial charge in [-0.15, -0.1) is 11.8 Å². The van der Waals surface area contributed by atoms with Crippen LogP contribution in [0.3, 0.4) is 0 Å². The zero-order valence-electron chi connectivity index (χ0n) is 13.4. The van der Waals surface area contributed by atoms with Crippen molar-refractivity contribution in [3.8, 4) is 0 Å². The average molecular weight is 360 g/mol. The molecule has 0 aliphatic rings. The van der Waals surface area contributed by atoms with Crippen LogP contribution >= 0.6 is 11.8 Å². The molecule has 0 heterocycles. The van der Waals surface area contributed by atoms with Crippen molar-refractivity contribution < 1.29 is 19.2 Å². The molecule has 8 heteroatoms. The number of rotatable bonds is 7. The fraction of sp³-hybridized carbons (Fsp3) is 0.176. The zero-order chi connectivity index (χ0) is 18.2. The van der Waals surface area contributed by atoms with E-state index in [2.05, 4.69) is 5.32 Å². The lowest BCUT2D eigenvalue weighted by molar-refractivity contribution is -0.384. The number of nitrogens with one attached hydrogen (secondary N) is 1. The highest BCUT2D eigenvalue weighted by Gasteiger charge is 2.18. The van der Waals surface area contributed by atoms with Crippen molar-refractivity contribution in [2.45, 2.75) is 17.9 Å². The van der Waals surface area contributed by atoms with Crippen LogP contribution in [0.25, 0.3) is 0 Å². The predicted octanol–water partition coefficient (Wildman–Crippen LogP) is 3.26. The molecule has 2 aromatic carbocycles. The van der Waals surface area contributed by atoms with Gasteiger partial charge in [0.25, 0.3) is 11.6 Å². The van der Waals surface area contributed by atoms with E-state index in [4.69, 9.17) is 4.74 Å². The van der Waals surface area contributed by atoms with Crippen molar-refractivity contribution >= 4 is 35.0 Å². The summed E-state index contributed by atoms with van der Waals surface area (Å²) in [5, 5.41) is 13.2. The number of benzene rings is 2. The van der Waals surface area contributed by atoms with Crippen molar-refractivity contribution in [1.82, 2.24) is 0 Å². The van der Waals surface area contributed by atoms with Gasteiger partial charge in [0.1, 0.15) is 0 Å². The molecule has 0 spiro atoms. The highest BCUT2D eigenvalue weighted by atomic mass is 32.2. The van der Waals surface area contributed by atoms with Gasteiger partial charge in [0.05, 0.1) is 10.7 Å². The quantitative estimate of drug-likeness (QED) is 0.352. The van der Waals surface area contributed by atoms with E-state index < -0.39 is 22.9 Å². The number of carbonyl (C=O) groups is 2. The van der Waals surface area contributed by atoms with Crippen molar-refractivity contribution in [3.05, 3.63) is 64.7 Å². The number of nitrogens with zero attached hydrogens (tertiary/aromatic N) is 1. The SMILES string of the molecule is C[C@@H](OC(=O)CSc1ccc([N+](=O)[O-])cc1)C(=O)Nc1ccccc1. The Morgan fingerprint density at radius 1 is 1.16 bits per heavy atom. The van der Waals surface area contributed by atoms with Crippen LogP contribution in [0.1, 0.15) is 6.92 Å². The van der Waals surface area contributed by atoms with E-state index >= 15 is 0 Å². The van der Waals surface area contributed by atoms with Crippen LogP contribution in [0.2, 0.25) is 0 Å². The molecule has 0 saturated heterocycles. The molecule has 0 aliphatic heterocycles. The lowest BCUT2D eigenvalue weighted by atomic mass is 10.3. The Kier molecular flexibility index (Phi) is 6.53. The van der Waals surface area contributed by atoms with Gasteiger partial charge < -0.3 is 10.1 Å². The second kappa shape index (κ2) is 8.84. The first-order chi connectivity index (χ1) is 12.0. The summed E-state index contributed by atoms with van der Waals surface area (Å²) in [6, 6.07) is 14.7. The normalized spacial score (nSPS) is 11.4. The van der Waals surface area contributed by atoms with Gasteiger partial charge in [-0.3, -0.25) is 19.7 Å². The number of amides is 1. The number of ether oxygens (including phenoxy) is 1. The summed E-state index contributed by atoms with van der Waals surface area (Å²) in [5.41, 5.74) is 0.605. The molecule has 1 amide bonds. The predicted molar refractivity (Wildman–Crippen MR) is 94.4 cm³/mol. The highest BCUT2D eigenvalue weighted by molar-refractivity contribution is 8.00. The molecule has 0 aliphatic carbocycles. The van der Waals surface area contributed by atoms with Gasteiger partial charge in [0, 0.05) is 22.7 Å². The summed E-state index contributed by atoms with van der Waals surface area (Å²) in [6.07, 6.45) is -0.926. The molecular weight excluding hydrogens is 344 g/mol. The number of carbonyl (C=O) groups excluding carboxylic acids is 2. The molecule has 130 valence electrons. The van der Waals surface area contributed by atoms with Gasteiger partial charge in [-0.2, -0.15) is 0 Å². The highest BCUT2D eigenvalue weighted by Crippen LogP contribution is 2.21. The van der Waals surface area contributed by atoms with E-state index in [0.29, 0.717) is 10.6 Å². The van der Waals surface area contributed by atoms with Gasteiger partial charge in [-0.1, -0.05) is 18.2 Å². The third-order valence-corrected chi connectivity index (χ3v) is 4.11. The van der Waals surface area contributed by atoms with Crippen LogP contribution in [-0.4, -0.2) is 28.7 Å². The molecule has 2 aromatic rings. The Hall–Kier alpha value is -2.87. The fourth-order valence-electron chi connectivity index (χ4n) is 1.86. The zero-order valence-corrected chi connectivity index (χ0v) is 14.2. The maximum absolute atomic E-state index is 12.0. The van der Waals surface area contributed by atoms with Crippen LogP contribution in [0.4, 0.5) is 11.4 Å². The van der Waals surface area contributed by atoms with Crippen molar-refractivity contribution in [1.29, 1.82) is 0 Å². The summed E-state index contributed by atoms with van der Waals surface area (Å²) < 4.78 is 5.09. The third kappa shape index (κ3) is 5.92. The number of para-hydroxylation sites is 1. The second-order valence-electron chi connectivity index (χ2n) is 5.03. The summed E-state index contributed by atoms with van der Waals surface area (Å²) in [7, 11) is 0. The summed E-state index contributed by atoms with van der Waals surface area (Å²) in [4.78, 5) is 34.6. The Bertz CT molecular complexity index is 749. The number of thioether (sulfide) groups is 1. The largest absolute Gasteiger partial charge is 0.452 e. The Morgan fingerprint density at radius 2 is 1.80 bits per heavy atom. The number of nitro benzene ring substituents is 1. The molecule has 25 heavy (non-hydrogen) atoms. The average Bonchev–Trinajstić information content (AvgIpc) is 2.61. The standard InChI is InChI=1S/C17H16N2O5S/c1-12(17(21)18-13-5-3-2-4-6-13)24-16(20)11-25-15-9-7-14(8-10-15)19(22)23/h2-10,12H,11H2,1H3,(H,18,21)/t12-/m1/s1. The Balaban J connectivity index is 1.79. The van der Waals surface area contributed by atoms with E-state index in [1.807, 2.05) is 6.07 Å².